The Kier molecular flexibility index (Phi) is 12.5. The van der Waals surface area contributed by atoms with Crippen molar-refractivity contribution >= 4 is 58.7 Å². The molecule has 0 aromatic carbocycles. The van der Waals surface area contributed by atoms with Gasteiger partial charge in [0.1, 0.15) is 4.32 Å². The number of hydrogen-bond donors (Lipinski definition) is 1. The Morgan fingerprint density at radius 2 is 1.64 bits per heavy atom. The minimum absolute atomic E-state index is 0. The maximum Gasteiger partial charge on any atom is 0.133 e. The fourth-order valence-corrected chi connectivity index (χ4v) is 1.23. The van der Waals surface area contributed by atoms with Gasteiger partial charge in [-0.25, -0.2) is 0 Å². The molecule has 61 valence electrons. The van der Waals surface area contributed by atoms with Crippen LogP contribution < -0.4 is 0 Å². The molecule has 0 bridgehead atoms. The molecule has 0 aliphatic heterocycles. The second kappa shape index (κ2) is 9.33. The van der Waals surface area contributed by atoms with E-state index in [0.717, 1.165) is 30.3 Å². The van der Waals surface area contributed by atoms with Gasteiger partial charge in [-0.05, 0) is 12.8 Å². The molecular formula is C7H15NNaS2. The molecule has 0 aromatic rings. The van der Waals surface area contributed by atoms with Crippen molar-refractivity contribution in [2.75, 3.05) is 13.1 Å². The van der Waals surface area contributed by atoms with Gasteiger partial charge in [-0.2, -0.15) is 0 Å². The Hall–Kier alpha value is 1.24. The van der Waals surface area contributed by atoms with Crippen molar-refractivity contribution in [3.63, 3.8) is 0 Å². The van der Waals surface area contributed by atoms with Crippen LogP contribution in [0.15, 0.2) is 0 Å². The van der Waals surface area contributed by atoms with E-state index in [1.54, 1.807) is 0 Å². The number of rotatable bonds is 4. The van der Waals surface area contributed by atoms with Crippen molar-refractivity contribution in [3.8, 4) is 0 Å². The summed E-state index contributed by atoms with van der Waals surface area (Å²) in [5.74, 6) is 0. The van der Waals surface area contributed by atoms with Crippen LogP contribution in [0.4, 0.5) is 0 Å². The van der Waals surface area contributed by atoms with E-state index in [0.29, 0.717) is 0 Å². The van der Waals surface area contributed by atoms with Crippen LogP contribution in [0.5, 0.6) is 0 Å². The summed E-state index contributed by atoms with van der Waals surface area (Å²) in [6.07, 6.45) is 2.28. The van der Waals surface area contributed by atoms with E-state index in [4.69, 9.17) is 12.2 Å². The molecule has 0 spiro atoms. The molecule has 0 unspecified atom stereocenters. The van der Waals surface area contributed by atoms with Crippen LogP contribution in [-0.4, -0.2) is 51.9 Å². The second-order valence-corrected chi connectivity index (χ2v) is 3.38. The van der Waals surface area contributed by atoms with Crippen molar-refractivity contribution < 1.29 is 0 Å². The average molecular weight is 200 g/mol. The van der Waals surface area contributed by atoms with Gasteiger partial charge in [0.25, 0.3) is 0 Å². The maximum atomic E-state index is 4.94. The monoisotopic (exact) mass is 200 g/mol. The van der Waals surface area contributed by atoms with Crippen molar-refractivity contribution in [2.45, 2.75) is 26.7 Å². The minimum atomic E-state index is 0. The molecule has 1 nitrogen and oxygen atoms in total. The molecule has 0 aliphatic rings. The van der Waals surface area contributed by atoms with Gasteiger partial charge in [-0.3, -0.25) is 0 Å². The molecule has 0 heterocycles. The molecule has 1 radical (unpaired) electrons. The molecule has 0 saturated heterocycles. The minimum Gasteiger partial charge on any atom is -0.358 e. The fourth-order valence-electron chi connectivity index (χ4n) is 0.843. The SMILES string of the molecule is CCCN(CCC)C(=S)S.[Na]. The van der Waals surface area contributed by atoms with E-state index < -0.39 is 0 Å². The predicted molar refractivity (Wildman–Crippen MR) is 59.5 cm³/mol. The van der Waals surface area contributed by atoms with Crippen LogP contribution in [0, 0.1) is 0 Å². The Bertz CT molecular complexity index is 103. The van der Waals surface area contributed by atoms with E-state index in [1.807, 2.05) is 0 Å². The smallest absolute Gasteiger partial charge is 0.133 e. The fraction of sp³-hybridized carbons (Fsp3) is 0.857. The van der Waals surface area contributed by atoms with Crippen LogP contribution in [0.2, 0.25) is 0 Å². The summed E-state index contributed by atoms with van der Waals surface area (Å²) >= 11 is 9.06. The van der Waals surface area contributed by atoms with Crippen LogP contribution in [-0.2, 0) is 0 Å². The van der Waals surface area contributed by atoms with Crippen molar-refractivity contribution in [1.29, 1.82) is 0 Å². The van der Waals surface area contributed by atoms with Gasteiger partial charge < -0.3 is 4.90 Å². The number of hydrogen-bond acceptors (Lipinski definition) is 1. The third-order valence-electron chi connectivity index (χ3n) is 1.26. The molecule has 0 rings (SSSR count). The van der Waals surface area contributed by atoms with Gasteiger partial charge >= 0.3 is 0 Å². The molecule has 4 heteroatoms. The van der Waals surface area contributed by atoms with Gasteiger partial charge in [-0.15, -0.1) is 12.6 Å². The Labute approximate surface area is 103 Å². The quantitative estimate of drug-likeness (QED) is 0.420. The maximum absolute atomic E-state index is 4.94. The molecular weight excluding hydrogens is 185 g/mol. The molecule has 0 aliphatic carbocycles. The van der Waals surface area contributed by atoms with E-state index in [1.165, 1.54) is 0 Å². The van der Waals surface area contributed by atoms with Gasteiger partial charge in [0.05, 0.1) is 0 Å². The molecule has 0 aromatic heterocycles. The first-order valence-corrected chi connectivity index (χ1v) is 4.55. The van der Waals surface area contributed by atoms with Gasteiger partial charge in [0.15, 0.2) is 0 Å². The average Bonchev–Trinajstić information content (AvgIpc) is 1.87. The number of nitrogens with zero attached hydrogens (tertiary/aromatic N) is 1. The van der Waals surface area contributed by atoms with Crippen LogP contribution in [0.3, 0.4) is 0 Å². The van der Waals surface area contributed by atoms with Crippen LogP contribution in [0.1, 0.15) is 26.7 Å². The van der Waals surface area contributed by atoms with Crippen molar-refractivity contribution in [2.24, 2.45) is 0 Å². The summed E-state index contributed by atoms with van der Waals surface area (Å²) in [6, 6.07) is 0. The Morgan fingerprint density at radius 1 is 1.27 bits per heavy atom. The zero-order valence-corrected chi connectivity index (χ0v) is 11.3. The van der Waals surface area contributed by atoms with E-state index in [9.17, 15) is 0 Å². The standard InChI is InChI=1S/C7H15NS2.Na/c1-3-5-8(6-4-2)7(9)10;/h3-6H2,1-2H3,(H,9,10);. The first-order chi connectivity index (χ1) is 4.72. The topological polar surface area (TPSA) is 3.24 Å². The van der Waals surface area contributed by atoms with Crippen molar-refractivity contribution in [3.05, 3.63) is 0 Å². The van der Waals surface area contributed by atoms with E-state index >= 15 is 0 Å². The molecule has 0 saturated carbocycles. The van der Waals surface area contributed by atoms with Crippen LogP contribution in [0.25, 0.3) is 0 Å². The zero-order valence-electron chi connectivity index (χ0n) is 7.63. The summed E-state index contributed by atoms with van der Waals surface area (Å²) < 4.78 is 0.726. The molecule has 0 atom stereocenters. The van der Waals surface area contributed by atoms with E-state index in [-0.39, 0.29) is 29.6 Å². The molecule has 0 amide bonds. The third kappa shape index (κ3) is 7.60. The predicted octanol–water partition coefficient (Wildman–Crippen LogP) is 1.94. The summed E-state index contributed by atoms with van der Waals surface area (Å²) in [5.41, 5.74) is 0. The molecule has 0 N–H and O–H groups in total. The number of thiocarbonyl (C=S) groups is 1. The second-order valence-electron chi connectivity index (χ2n) is 2.27. The van der Waals surface area contributed by atoms with Gasteiger partial charge in [-0.1, -0.05) is 26.1 Å². The normalized spacial score (nSPS) is 8.64. The first-order valence-electron chi connectivity index (χ1n) is 3.70. The summed E-state index contributed by atoms with van der Waals surface area (Å²) in [7, 11) is 0. The summed E-state index contributed by atoms with van der Waals surface area (Å²) in [4.78, 5) is 2.12. The van der Waals surface area contributed by atoms with Gasteiger partial charge in [0, 0.05) is 42.6 Å². The van der Waals surface area contributed by atoms with E-state index in [2.05, 4.69) is 31.4 Å². The summed E-state index contributed by atoms with van der Waals surface area (Å²) in [6.45, 7) is 6.37. The summed E-state index contributed by atoms with van der Waals surface area (Å²) in [5, 5.41) is 0. The third-order valence-corrected chi connectivity index (χ3v) is 1.80. The van der Waals surface area contributed by atoms with Crippen LogP contribution >= 0.6 is 24.8 Å². The Morgan fingerprint density at radius 3 is 1.82 bits per heavy atom. The Balaban J connectivity index is 0. The first kappa shape index (κ1) is 14.7. The number of thiol groups is 1. The van der Waals surface area contributed by atoms with Gasteiger partial charge in [0.2, 0.25) is 0 Å². The largest absolute Gasteiger partial charge is 0.358 e. The molecule has 11 heavy (non-hydrogen) atoms. The van der Waals surface area contributed by atoms with Crippen molar-refractivity contribution in [1.82, 2.24) is 4.90 Å². The zero-order chi connectivity index (χ0) is 7.98. The molecule has 0 fully saturated rings.